The van der Waals surface area contributed by atoms with Gasteiger partial charge in [0, 0.05) is 41.8 Å². The van der Waals surface area contributed by atoms with Gasteiger partial charge in [0.15, 0.2) is 0 Å². The topological polar surface area (TPSA) is 85.6 Å². The van der Waals surface area contributed by atoms with E-state index in [0.717, 1.165) is 29.1 Å². The highest BCUT2D eigenvalue weighted by Gasteiger charge is 2.29. The van der Waals surface area contributed by atoms with E-state index in [0.29, 0.717) is 16.8 Å². The molecule has 8 heteroatoms. The van der Waals surface area contributed by atoms with Crippen LogP contribution < -0.4 is 5.32 Å². The third-order valence-corrected chi connectivity index (χ3v) is 5.44. The molecule has 1 N–H and O–H groups in total. The minimum Gasteiger partial charge on any atom is -0.321 e. The number of pyridine rings is 2. The zero-order valence-electron chi connectivity index (χ0n) is 16.1. The molecule has 3 aromatic rings. The van der Waals surface area contributed by atoms with Gasteiger partial charge in [-0.3, -0.25) is 14.8 Å². The van der Waals surface area contributed by atoms with Crippen molar-refractivity contribution in [1.82, 2.24) is 30.0 Å². The zero-order chi connectivity index (χ0) is 20.5. The molecular weight excluding hydrogens is 400 g/mol. The van der Waals surface area contributed by atoms with E-state index in [-0.39, 0.29) is 11.8 Å². The second-order valence-electron chi connectivity index (χ2n) is 7.47. The summed E-state index contributed by atoms with van der Waals surface area (Å²) in [5.41, 5.74) is 2.72. The first kappa shape index (κ1) is 18.7. The number of hydrogen-bond donors (Lipinski definition) is 1. The summed E-state index contributed by atoms with van der Waals surface area (Å²) in [6, 6.07) is 5.88. The van der Waals surface area contributed by atoms with Crippen molar-refractivity contribution in [3.8, 4) is 11.1 Å². The lowest BCUT2D eigenvalue weighted by Crippen LogP contribution is -2.24. The second kappa shape index (κ2) is 7.84. The molecule has 3 aromatic heterocycles. The molecule has 2 aliphatic rings. The summed E-state index contributed by atoms with van der Waals surface area (Å²) >= 11 is 6.03. The largest absolute Gasteiger partial charge is 0.321 e. The van der Waals surface area contributed by atoms with Gasteiger partial charge in [0.2, 0.25) is 0 Å². The van der Waals surface area contributed by atoms with E-state index in [1.165, 1.54) is 12.8 Å². The maximum Gasteiger partial charge on any atom is 0.274 e. The van der Waals surface area contributed by atoms with Crippen LogP contribution in [-0.2, 0) is 0 Å². The average molecular weight is 419 g/mol. The minimum atomic E-state index is -0.271. The van der Waals surface area contributed by atoms with Crippen LogP contribution in [0.15, 0.2) is 67.0 Å². The Morgan fingerprint density at radius 3 is 2.93 bits per heavy atom. The van der Waals surface area contributed by atoms with Crippen LogP contribution in [0.4, 0.5) is 0 Å². The van der Waals surface area contributed by atoms with Crippen LogP contribution in [0, 0.1) is 0 Å². The Bertz CT molecular complexity index is 1160. The highest BCUT2D eigenvalue weighted by atomic mass is 35.5. The second-order valence-corrected chi connectivity index (χ2v) is 7.91. The average Bonchev–Trinajstić information content (AvgIpc) is 3.50. The summed E-state index contributed by atoms with van der Waals surface area (Å²) in [7, 11) is 0. The summed E-state index contributed by atoms with van der Waals surface area (Å²) in [5.74, 6) is 0.763. The summed E-state index contributed by atoms with van der Waals surface area (Å²) < 4.78 is 2.16. The predicted octanol–water partition coefficient (Wildman–Crippen LogP) is 4.08. The number of allylic oxidation sites excluding steroid dienone is 3. The minimum absolute atomic E-state index is 0.0882. The van der Waals surface area contributed by atoms with Crippen LogP contribution in [-0.4, -0.2) is 30.6 Å². The van der Waals surface area contributed by atoms with Crippen molar-refractivity contribution in [2.24, 2.45) is 0 Å². The maximum atomic E-state index is 12.8. The van der Waals surface area contributed by atoms with E-state index in [4.69, 9.17) is 11.6 Å². The Morgan fingerprint density at radius 1 is 1.20 bits per heavy atom. The van der Waals surface area contributed by atoms with Gasteiger partial charge in [-0.1, -0.05) is 17.7 Å². The summed E-state index contributed by atoms with van der Waals surface area (Å²) in [4.78, 5) is 21.1. The number of aromatic nitrogens is 5. The molecule has 1 amide bonds. The van der Waals surface area contributed by atoms with E-state index < -0.39 is 0 Å². The fourth-order valence-corrected chi connectivity index (χ4v) is 3.77. The number of carbonyl (C=O) groups is 1. The Hall–Kier alpha value is -3.32. The highest BCUT2D eigenvalue weighted by Crippen LogP contribution is 2.38. The van der Waals surface area contributed by atoms with Gasteiger partial charge in [-0.2, -0.15) is 0 Å². The van der Waals surface area contributed by atoms with Crippen molar-refractivity contribution in [2.75, 3.05) is 0 Å². The molecule has 0 radical (unpaired) electrons. The lowest BCUT2D eigenvalue weighted by molar-refractivity contribution is 0.0962. The number of carbonyl (C=O) groups excluding carboxylic acids is 1. The SMILES string of the molecule is O=C(NC1=CC(c2nncn2C2CC2)CC=C1)c1cc(-c2cncc(Cl)c2)ccn1. The summed E-state index contributed by atoms with van der Waals surface area (Å²) in [6.45, 7) is 0. The summed E-state index contributed by atoms with van der Waals surface area (Å²) in [6.07, 6.45) is 15.9. The normalized spacial score (nSPS) is 18.2. The maximum absolute atomic E-state index is 12.8. The van der Waals surface area contributed by atoms with E-state index in [1.807, 2.05) is 24.3 Å². The lowest BCUT2D eigenvalue weighted by atomic mass is 9.98. The number of nitrogens with zero attached hydrogens (tertiary/aromatic N) is 5. The van der Waals surface area contributed by atoms with Crippen LogP contribution in [0.2, 0.25) is 5.02 Å². The molecule has 0 saturated heterocycles. The van der Waals surface area contributed by atoms with Gasteiger partial charge in [0.05, 0.1) is 5.02 Å². The van der Waals surface area contributed by atoms with Crippen LogP contribution in [0.5, 0.6) is 0 Å². The van der Waals surface area contributed by atoms with Crippen LogP contribution in [0.1, 0.15) is 47.5 Å². The molecule has 1 fully saturated rings. The van der Waals surface area contributed by atoms with E-state index >= 15 is 0 Å². The van der Waals surface area contributed by atoms with Gasteiger partial charge in [0.1, 0.15) is 17.8 Å². The van der Waals surface area contributed by atoms with Crippen LogP contribution in [0.25, 0.3) is 11.1 Å². The van der Waals surface area contributed by atoms with Crippen molar-refractivity contribution < 1.29 is 4.79 Å². The summed E-state index contributed by atoms with van der Waals surface area (Å²) in [5, 5.41) is 11.9. The third-order valence-electron chi connectivity index (χ3n) is 5.23. The molecule has 7 nitrogen and oxygen atoms in total. The molecule has 0 bridgehead atoms. The number of nitrogens with one attached hydrogen (secondary N) is 1. The molecule has 5 rings (SSSR count). The van der Waals surface area contributed by atoms with Crippen molar-refractivity contribution in [2.45, 2.75) is 31.2 Å². The lowest BCUT2D eigenvalue weighted by Gasteiger charge is -2.17. The number of hydrogen-bond acceptors (Lipinski definition) is 5. The quantitative estimate of drug-likeness (QED) is 0.674. The van der Waals surface area contributed by atoms with E-state index in [1.54, 1.807) is 37.1 Å². The molecular formula is C22H19ClN6O. The Balaban J connectivity index is 1.35. The number of amides is 1. The molecule has 1 unspecified atom stereocenters. The van der Waals surface area contributed by atoms with Crippen molar-refractivity contribution in [1.29, 1.82) is 0 Å². The van der Waals surface area contributed by atoms with Gasteiger partial charge >= 0.3 is 0 Å². The number of halogens is 1. The molecule has 0 spiro atoms. The molecule has 0 aliphatic heterocycles. The molecule has 150 valence electrons. The van der Waals surface area contributed by atoms with Gasteiger partial charge in [0.25, 0.3) is 5.91 Å². The Kier molecular flexibility index (Phi) is 4.88. The first-order valence-corrected chi connectivity index (χ1v) is 10.2. The van der Waals surface area contributed by atoms with Gasteiger partial charge in [-0.05, 0) is 55.2 Å². The van der Waals surface area contributed by atoms with Crippen molar-refractivity contribution in [3.63, 3.8) is 0 Å². The molecule has 30 heavy (non-hydrogen) atoms. The van der Waals surface area contributed by atoms with Gasteiger partial charge < -0.3 is 9.88 Å². The number of rotatable bonds is 5. The standard InChI is InChI=1S/C22H19ClN6O/c23-17-8-16(11-24-12-17)14-6-7-25-20(10-14)22(30)27-18-3-1-2-15(9-18)21-28-26-13-29(21)19-4-5-19/h1,3,6-13,15,19H,2,4-5H2,(H,27,30). The van der Waals surface area contributed by atoms with E-state index in [2.05, 4.69) is 30.0 Å². The monoisotopic (exact) mass is 418 g/mol. The molecule has 1 saturated carbocycles. The first-order chi connectivity index (χ1) is 14.7. The molecule has 3 heterocycles. The van der Waals surface area contributed by atoms with Gasteiger partial charge in [-0.15, -0.1) is 10.2 Å². The van der Waals surface area contributed by atoms with E-state index in [9.17, 15) is 4.79 Å². The fourth-order valence-electron chi connectivity index (χ4n) is 3.60. The molecule has 2 aliphatic carbocycles. The predicted molar refractivity (Wildman–Crippen MR) is 113 cm³/mol. The fraction of sp³-hybridized carbons (Fsp3) is 0.227. The van der Waals surface area contributed by atoms with Crippen molar-refractivity contribution in [3.05, 3.63) is 83.6 Å². The molecule has 1 atom stereocenters. The van der Waals surface area contributed by atoms with Gasteiger partial charge in [-0.25, -0.2) is 0 Å². The Morgan fingerprint density at radius 2 is 2.10 bits per heavy atom. The smallest absolute Gasteiger partial charge is 0.274 e. The zero-order valence-corrected chi connectivity index (χ0v) is 16.8. The van der Waals surface area contributed by atoms with Crippen LogP contribution >= 0.6 is 11.6 Å². The Labute approximate surface area is 178 Å². The van der Waals surface area contributed by atoms with Crippen molar-refractivity contribution >= 4 is 17.5 Å². The highest BCUT2D eigenvalue weighted by molar-refractivity contribution is 6.30. The molecule has 0 aromatic carbocycles. The third kappa shape index (κ3) is 3.89. The first-order valence-electron chi connectivity index (χ1n) is 9.83. The van der Waals surface area contributed by atoms with Crippen LogP contribution in [0.3, 0.4) is 0 Å².